The molecule has 10 heteroatoms. The second kappa shape index (κ2) is 22.1. The normalized spacial score (nSPS) is 15.2. The molecule has 8 rings (SSSR count). The van der Waals surface area contributed by atoms with Crippen LogP contribution in [0.25, 0.3) is 16.8 Å². The Kier molecular flexibility index (Phi) is 17.5. The summed E-state index contributed by atoms with van der Waals surface area (Å²) in [6, 6.07) is 43.3. The second-order valence-electron chi connectivity index (χ2n) is 19.9. The van der Waals surface area contributed by atoms with Gasteiger partial charge >= 0.3 is 425 Å². The third-order valence-electron chi connectivity index (χ3n) is 13.8. The van der Waals surface area contributed by atoms with Crippen LogP contribution in [0.15, 0.2) is 115 Å². The molecule has 0 spiro atoms. The van der Waals surface area contributed by atoms with Crippen molar-refractivity contribution in [2.45, 2.75) is 65.1 Å². The molecule has 0 fully saturated rings. The van der Waals surface area contributed by atoms with Crippen LogP contribution in [-0.4, -0.2) is 60.1 Å². The third kappa shape index (κ3) is 9.95. The molecule has 7 aromatic rings. The number of rotatable bonds is 12. The number of benzene rings is 7. The number of allylic oxidation sites excluding steroid dienone is 1. The van der Waals surface area contributed by atoms with E-state index in [1.165, 1.54) is 121 Å². The summed E-state index contributed by atoms with van der Waals surface area (Å²) in [6.07, 6.45) is 5.02. The monoisotopic (exact) mass is 1110 g/mol. The average Bonchev–Trinajstić information content (AvgIpc) is 3.25. The number of anilines is 4. The Labute approximate surface area is 446 Å². The molecular formula is C60H69Cl3N4P2Ru. The van der Waals surface area contributed by atoms with Crippen molar-refractivity contribution in [3.8, 4) is 0 Å². The zero-order valence-electron chi connectivity index (χ0n) is 43.8. The smallest absolute Gasteiger partial charge is 1.00 e. The number of halogens is 3. The standard InChI is InChI=1S/C60H69N4P2.3ClH.Ru/c1-37-29-47(30-38(2)57(37)61(9)10)65(48-31-39(3)58(62(11)12)40(4)32-48)53-27-25-45-21-17-19-23-51(45)55(53)56-52-24-20-18-22-46(52)26-28-54(56)66(49-33-41(5)59(63(13)14)42(6)34-49)50-35-43(7)60(64(15)16)44(8)36-50;;;;/h17-36,55H,1-16H3;3*1H;/q;;;;+3/p-3. The predicted octanol–water partition coefficient (Wildman–Crippen LogP) is 6.56. The molecule has 2 atom stereocenters. The van der Waals surface area contributed by atoms with Crippen LogP contribution in [0.1, 0.15) is 67.1 Å². The number of hydrogen-bond donors (Lipinski definition) is 0. The summed E-state index contributed by atoms with van der Waals surface area (Å²) < 4.78 is -0.462. The minimum atomic E-state index is -1.13. The van der Waals surface area contributed by atoms with Crippen molar-refractivity contribution in [2.75, 3.05) is 76.0 Å². The van der Waals surface area contributed by atoms with E-state index in [-0.39, 0.29) is 30.7 Å². The van der Waals surface area contributed by atoms with E-state index >= 15 is 0 Å². The van der Waals surface area contributed by atoms with Gasteiger partial charge in [0, 0.05) is 0 Å². The SMILES string of the molecule is Cc1cc(P(c2cc(C)c(N(C)C)c(C)c2)c2ccc3ccccc3c2C2c3ccccc3C=C[C]2([Ru+2][Cl])P(c2cc(C)c(N(C)C)c(C)c2)c2cc(C)c(N(C)C)c(C)c2)cc(C)c1N(C)C.[Cl-].[Cl-]. The zero-order chi connectivity index (χ0) is 49.1. The van der Waals surface area contributed by atoms with E-state index < -0.39 is 35.7 Å². The van der Waals surface area contributed by atoms with Crippen molar-refractivity contribution in [3.63, 3.8) is 0 Å². The van der Waals surface area contributed by atoms with Crippen LogP contribution in [0.2, 0.25) is 0 Å². The molecular weight excluding hydrogens is 1050 g/mol. The van der Waals surface area contributed by atoms with Crippen molar-refractivity contribution >= 4 is 91.7 Å². The van der Waals surface area contributed by atoms with Gasteiger partial charge in [0.05, 0.1) is 0 Å². The summed E-state index contributed by atoms with van der Waals surface area (Å²) in [6.45, 7) is 18.3. The van der Waals surface area contributed by atoms with Gasteiger partial charge in [0.1, 0.15) is 0 Å². The van der Waals surface area contributed by atoms with Crippen LogP contribution >= 0.6 is 25.5 Å². The maximum absolute atomic E-state index is 8.09. The fourth-order valence-electron chi connectivity index (χ4n) is 11.9. The van der Waals surface area contributed by atoms with E-state index in [1.54, 1.807) is 0 Å². The molecule has 0 amide bonds. The second-order valence-corrected chi connectivity index (χ2v) is 27.7. The van der Waals surface area contributed by atoms with Crippen molar-refractivity contribution in [3.05, 3.63) is 176 Å². The Morgan fingerprint density at radius 3 is 1.24 bits per heavy atom. The van der Waals surface area contributed by atoms with Gasteiger partial charge in [-0.15, -0.1) is 0 Å². The van der Waals surface area contributed by atoms with Crippen molar-refractivity contribution in [1.29, 1.82) is 0 Å². The minimum Gasteiger partial charge on any atom is -1.00 e. The van der Waals surface area contributed by atoms with Gasteiger partial charge in [0.25, 0.3) is 0 Å². The predicted molar refractivity (Wildman–Crippen MR) is 303 cm³/mol. The molecule has 4 nitrogen and oxygen atoms in total. The van der Waals surface area contributed by atoms with Gasteiger partial charge in [-0.3, -0.25) is 0 Å². The van der Waals surface area contributed by atoms with Crippen LogP contribution in [0.5, 0.6) is 0 Å². The molecule has 0 heterocycles. The minimum absolute atomic E-state index is 0. The molecule has 1 aliphatic rings. The Bertz CT molecular complexity index is 2890. The van der Waals surface area contributed by atoms with Crippen LogP contribution in [0.4, 0.5) is 22.7 Å². The molecule has 0 bridgehead atoms. The van der Waals surface area contributed by atoms with E-state index in [1.807, 2.05) is 0 Å². The first-order valence-corrected chi connectivity index (χ1v) is 29.4. The molecule has 0 radical (unpaired) electrons. The Morgan fingerprint density at radius 2 is 0.843 bits per heavy atom. The molecule has 7 aromatic carbocycles. The van der Waals surface area contributed by atoms with Crippen LogP contribution in [0, 0.1) is 55.4 Å². The molecule has 70 heavy (non-hydrogen) atoms. The largest absolute Gasteiger partial charge is 1.00 e. The zero-order valence-corrected chi connectivity index (χ0v) is 49.6. The van der Waals surface area contributed by atoms with Crippen molar-refractivity contribution < 1.29 is 41.0 Å². The van der Waals surface area contributed by atoms with E-state index in [4.69, 9.17) is 9.69 Å². The Balaban J connectivity index is 0.00000402. The van der Waals surface area contributed by atoms with Gasteiger partial charge in [-0.05, 0) is 0 Å². The number of nitrogens with zero attached hydrogens (tertiary/aromatic N) is 4. The topological polar surface area (TPSA) is 13.0 Å². The fourth-order valence-corrected chi connectivity index (χ4v) is 22.5. The Hall–Kier alpha value is -3.91. The van der Waals surface area contributed by atoms with Gasteiger partial charge in [0.2, 0.25) is 0 Å². The maximum Gasteiger partial charge on any atom is -1.00 e. The van der Waals surface area contributed by atoms with Gasteiger partial charge in [-0.1, -0.05) is 0 Å². The molecule has 0 saturated heterocycles. The van der Waals surface area contributed by atoms with Gasteiger partial charge in [0.15, 0.2) is 0 Å². The van der Waals surface area contributed by atoms with Gasteiger partial charge in [-0.25, -0.2) is 0 Å². The fraction of sp³-hybridized carbons (Fsp3) is 0.300. The van der Waals surface area contributed by atoms with E-state index in [0.717, 1.165) is 0 Å². The van der Waals surface area contributed by atoms with Gasteiger partial charge < -0.3 is 24.8 Å². The van der Waals surface area contributed by atoms with Crippen LogP contribution in [0.3, 0.4) is 0 Å². The molecule has 0 saturated carbocycles. The molecule has 1 aliphatic carbocycles. The summed E-state index contributed by atoms with van der Waals surface area (Å²) in [5.41, 5.74) is 19.5. The molecule has 0 N–H and O–H groups in total. The summed E-state index contributed by atoms with van der Waals surface area (Å²) in [5, 5.41) is 9.46. The number of aryl methyl sites for hydroxylation is 8. The third-order valence-corrected chi connectivity index (χ3v) is 23.7. The maximum atomic E-state index is 8.09. The summed E-state index contributed by atoms with van der Waals surface area (Å²) in [7, 11) is 23.2. The van der Waals surface area contributed by atoms with Crippen LogP contribution < -0.4 is 70.9 Å². The van der Waals surface area contributed by atoms with Crippen molar-refractivity contribution in [1.82, 2.24) is 0 Å². The van der Waals surface area contributed by atoms with Gasteiger partial charge in [-0.2, -0.15) is 0 Å². The molecule has 368 valence electrons. The molecule has 2 unspecified atom stereocenters. The van der Waals surface area contributed by atoms with E-state index in [0.29, 0.717) is 0 Å². The number of fused-ring (bicyclic) bond motifs is 2. The number of hydrogen-bond acceptors (Lipinski definition) is 4. The van der Waals surface area contributed by atoms with E-state index in [9.17, 15) is 0 Å². The Morgan fingerprint density at radius 1 is 0.471 bits per heavy atom. The van der Waals surface area contributed by atoms with Crippen LogP contribution in [-0.2, 0) is 16.1 Å². The first-order valence-electron chi connectivity index (χ1n) is 23.6. The first-order chi connectivity index (χ1) is 32.3. The quantitative estimate of drug-likeness (QED) is 0.102. The summed E-state index contributed by atoms with van der Waals surface area (Å²) >= 11 is -0.756. The molecule has 0 aliphatic heterocycles. The first kappa shape index (κ1) is 55.4. The summed E-state index contributed by atoms with van der Waals surface area (Å²) in [4.78, 5) is 9.08. The van der Waals surface area contributed by atoms with E-state index in [2.05, 4.69) is 253 Å². The summed E-state index contributed by atoms with van der Waals surface area (Å²) in [5.74, 6) is -0.0635. The van der Waals surface area contributed by atoms with Crippen molar-refractivity contribution in [2.24, 2.45) is 0 Å². The molecule has 0 aromatic heterocycles. The average molecular weight is 1120 g/mol.